The Morgan fingerprint density at radius 1 is 1.17 bits per heavy atom. The number of aryl methyl sites for hydroxylation is 2. The molecule has 122 valence electrons. The molecule has 0 radical (unpaired) electrons. The average molecular weight is 338 g/mol. The van der Waals surface area contributed by atoms with Crippen LogP contribution in [0.2, 0.25) is 0 Å². The lowest BCUT2D eigenvalue weighted by atomic mass is 10.1. The molecule has 2 aromatic heterocycles. The van der Waals surface area contributed by atoms with Crippen molar-refractivity contribution in [3.05, 3.63) is 46.6 Å². The number of amides is 1. The monoisotopic (exact) mass is 338 g/mol. The molecular formula is C18H18N4OS. The quantitative estimate of drug-likeness (QED) is 0.792. The standard InChI is InChI=1S/C18H18N4OS/c1-22(2)18(23)11-6-8-12(9-7-11)21-16-15-13-4-3-5-14(13)24-17(15)20-10-19-16/h6-10H,3-5H2,1-2H3,(H,19,20,21). The van der Waals surface area contributed by atoms with Crippen molar-refractivity contribution in [2.75, 3.05) is 19.4 Å². The summed E-state index contributed by atoms with van der Waals surface area (Å²) in [5.74, 6) is 0.854. The number of anilines is 2. The normalized spacial score (nSPS) is 13.1. The van der Waals surface area contributed by atoms with E-state index in [0.29, 0.717) is 5.56 Å². The van der Waals surface area contributed by atoms with Gasteiger partial charge in [0.2, 0.25) is 0 Å². The predicted molar refractivity (Wildman–Crippen MR) is 97.2 cm³/mol. The molecule has 0 unspecified atom stereocenters. The summed E-state index contributed by atoms with van der Waals surface area (Å²) >= 11 is 1.78. The van der Waals surface area contributed by atoms with Crippen molar-refractivity contribution in [2.24, 2.45) is 0 Å². The van der Waals surface area contributed by atoms with E-state index in [2.05, 4.69) is 15.3 Å². The molecule has 0 spiro atoms. The van der Waals surface area contributed by atoms with Crippen LogP contribution < -0.4 is 5.32 Å². The largest absolute Gasteiger partial charge is 0.345 e. The van der Waals surface area contributed by atoms with E-state index in [1.807, 2.05) is 24.3 Å². The summed E-state index contributed by atoms with van der Waals surface area (Å²) in [5.41, 5.74) is 3.00. The fourth-order valence-electron chi connectivity index (χ4n) is 3.11. The second kappa shape index (κ2) is 5.87. The summed E-state index contributed by atoms with van der Waals surface area (Å²) in [4.78, 5) is 24.9. The van der Waals surface area contributed by atoms with Crippen molar-refractivity contribution in [1.29, 1.82) is 0 Å². The highest BCUT2D eigenvalue weighted by molar-refractivity contribution is 7.19. The topological polar surface area (TPSA) is 58.1 Å². The van der Waals surface area contributed by atoms with Crippen LogP contribution in [0, 0.1) is 0 Å². The fourth-order valence-corrected chi connectivity index (χ4v) is 4.34. The van der Waals surface area contributed by atoms with Gasteiger partial charge in [-0.15, -0.1) is 11.3 Å². The van der Waals surface area contributed by atoms with Gasteiger partial charge in [-0.05, 0) is 49.1 Å². The van der Waals surface area contributed by atoms with Crippen molar-refractivity contribution in [3.8, 4) is 0 Å². The Morgan fingerprint density at radius 2 is 1.96 bits per heavy atom. The maximum Gasteiger partial charge on any atom is 0.253 e. The molecule has 1 aliphatic rings. The van der Waals surface area contributed by atoms with Gasteiger partial charge in [-0.3, -0.25) is 4.79 Å². The SMILES string of the molecule is CN(C)C(=O)c1ccc(Nc2ncnc3sc4c(c23)CCC4)cc1. The molecule has 0 aliphatic heterocycles. The van der Waals surface area contributed by atoms with Gasteiger partial charge in [-0.25, -0.2) is 9.97 Å². The first kappa shape index (κ1) is 15.1. The Labute approximate surface area is 144 Å². The van der Waals surface area contributed by atoms with Crippen LogP contribution in [-0.4, -0.2) is 34.9 Å². The minimum Gasteiger partial charge on any atom is -0.345 e. The molecule has 24 heavy (non-hydrogen) atoms. The lowest BCUT2D eigenvalue weighted by Gasteiger charge is -2.11. The first-order valence-electron chi connectivity index (χ1n) is 7.97. The Morgan fingerprint density at radius 3 is 2.71 bits per heavy atom. The van der Waals surface area contributed by atoms with Crippen LogP contribution in [0.1, 0.15) is 27.2 Å². The van der Waals surface area contributed by atoms with Crippen LogP contribution in [0.15, 0.2) is 30.6 Å². The van der Waals surface area contributed by atoms with Gasteiger partial charge < -0.3 is 10.2 Å². The van der Waals surface area contributed by atoms with E-state index in [4.69, 9.17) is 0 Å². The fraction of sp³-hybridized carbons (Fsp3) is 0.278. The van der Waals surface area contributed by atoms with E-state index in [-0.39, 0.29) is 5.91 Å². The minimum absolute atomic E-state index is 0.00151. The van der Waals surface area contributed by atoms with Crippen molar-refractivity contribution < 1.29 is 4.79 Å². The van der Waals surface area contributed by atoms with E-state index in [0.717, 1.165) is 34.6 Å². The Balaban J connectivity index is 1.66. The lowest BCUT2D eigenvalue weighted by molar-refractivity contribution is 0.0827. The number of hydrogen-bond acceptors (Lipinski definition) is 5. The van der Waals surface area contributed by atoms with Gasteiger partial charge in [0.05, 0.1) is 5.39 Å². The minimum atomic E-state index is 0.00151. The number of carbonyl (C=O) groups excluding carboxylic acids is 1. The van der Waals surface area contributed by atoms with Gasteiger partial charge in [0.15, 0.2) is 0 Å². The van der Waals surface area contributed by atoms with Gasteiger partial charge in [0.1, 0.15) is 17.0 Å². The molecule has 5 nitrogen and oxygen atoms in total. The predicted octanol–water partition coefficient (Wildman–Crippen LogP) is 3.63. The third kappa shape index (κ3) is 2.53. The molecule has 1 amide bonds. The zero-order chi connectivity index (χ0) is 16.7. The zero-order valence-electron chi connectivity index (χ0n) is 13.7. The van der Waals surface area contributed by atoms with E-state index in [1.165, 1.54) is 16.9 Å². The van der Waals surface area contributed by atoms with E-state index < -0.39 is 0 Å². The second-order valence-electron chi connectivity index (χ2n) is 6.16. The third-order valence-corrected chi connectivity index (χ3v) is 5.50. The van der Waals surface area contributed by atoms with Crippen molar-refractivity contribution >= 4 is 39.0 Å². The molecule has 0 fully saturated rings. The zero-order valence-corrected chi connectivity index (χ0v) is 14.5. The number of nitrogens with zero attached hydrogens (tertiary/aromatic N) is 3. The molecule has 3 aromatic rings. The molecule has 2 heterocycles. The Bertz CT molecular complexity index is 915. The van der Waals surface area contributed by atoms with Gasteiger partial charge in [0.25, 0.3) is 5.91 Å². The second-order valence-corrected chi connectivity index (χ2v) is 7.25. The number of aromatic nitrogens is 2. The van der Waals surface area contributed by atoms with Gasteiger partial charge in [0, 0.05) is 30.2 Å². The Kier molecular flexibility index (Phi) is 3.69. The average Bonchev–Trinajstić information content (AvgIpc) is 3.16. The highest BCUT2D eigenvalue weighted by Gasteiger charge is 2.21. The van der Waals surface area contributed by atoms with Crippen molar-refractivity contribution in [1.82, 2.24) is 14.9 Å². The lowest BCUT2D eigenvalue weighted by Crippen LogP contribution is -2.21. The van der Waals surface area contributed by atoms with Gasteiger partial charge >= 0.3 is 0 Å². The van der Waals surface area contributed by atoms with Crippen LogP contribution in [0.5, 0.6) is 0 Å². The van der Waals surface area contributed by atoms with Crippen molar-refractivity contribution in [2.45, 2.75) is 19.3 Å². The number of fused-ring (bicyclic) bond motifs is 3. The molecule has 6 heteroatoms. The number of rotatable bonds is 3. The van der Waals surface area contributed by atoms with Crippen LogP contribution >= 0.6 is 11.3 Å². The summed E-state index contributed by atoms with van der Waals surface area (Å²) in [6, 6.07) is 7.50. The molecule has 1 N–H and O–H groups in total. The number of thiophene rings is 1. The van der Waals surface area contributed by atoms with Crippen LogP contribution in [0.3, 0.4) is 0 Å². The molecular weight excluding hydrogens is 320 g/mol. The molecule has 0 bridgehead atoms. The number of nitrogens with one attached hydrogen (secondary N) is 1. The maximum atomic E-state index is 12.0. The van der Waals surface area contributed by atoms with Crippen LogP contribution in [-0.2, 0) is 12.8 Å². The first-order chi connectivity index (χ1) is 11.6. The highest BCUT2D eigenvalue weighted by Crippen LogP contribution is 2.39. The number of hydrogen-bond donors (Lipinski definition) is 1. The first-order valence-corrected chi connectivity index (χ1v) is 8.79. The van der Waals surface area contributed by atoms with Crippen LogP contribution in [0.4, 0.5) is 11.5 Å². The summed E-state index contributed by atoms with van der Waals surface area (Å²) in [6.07, 6.45) is 5.08. The third-order valence-electron chi connectivity index (χ3n) is 4.30. The molecule has 0 atom stereocenters. The molecule has 1 aliphatic carbocycles. The van der Waals surface area contributed by atoms with Crippen molar-refractivity contribution in [3.63, 3.8) is 0 Å². The summed E-state index contributed by atoms with van der Waals surface area (Å²) < 4.78 is 0. The summed E-state index contributed by atoms with van der Waals surface area (Å²) in [6.45, 7) is 0. The number of carbonyl (C=O) groups is 1. The van der Waals surface area contributed by atoms with Crippen LogP contribution in [0.25, 0.3) is 10.2 Å². The smallest absolute Gasteiger partial charge is 0.253 e. The maximum absolute atomic E-state index is 12.0. The summed E-state index contributed by atoms with van der Waals surface area (Å²) in [7, 11) is 3.51. The number of benzene rings is 1. The highest BCUT2D eigenvalue weighted by atomic mass is 32.1. The molecule has 0 saturated heterocycles. The van der Waals surface area contributed by atoms with E-state index >= 15 is 0 Å². The van der Waals surface area contributed by atoms with Gasteiger partial charge in [-0.2, -0.15) is 0 Å². The summed E-state index contributed by atoms with van der Waals surface area (Å²) in [5, 5.41) is 4.54. The molecule has 1 aromatic carbocycles. The molecule has 4 rings (SSSR count). The van der Waals surface area contributed by atoms with E-state index in [9.17, 15) is 4.79 Å². The van der Waals surface area contributed by atoms with Gasteiger partial charge in [-0.1, -0.05) is 0 Å². The Hall–Kier alpha value is -2.47. The molecule has 0 saturated carbocycles. The van der Waals surface area contributed by atoms with E-state index in [1.54, 1.807) is 36.7 Å².